The summed E-state index contributed by atoms with van der Waals surface area (Å²) >= 11 is 0. The first-order valence-corrected chi connectivity index (χ1v) is 12.9. The molecule has 0 atom stereocenters. The Morgan fingerprint density at radius 2 is 1.97 bits per heavy atom. The fraction of sp³-hybridized carbons (Fsp3) is 0.481. The van der Waals surface area contributed by atoms with E-state index in [4.69, 9.17) is 4.74 Å². The molecule has 2 N–H and O–H groups in total. The number of amides is 1. The molecule has 6 rings (SSSR count). The van der Waals surface area contributed by atoms with Gasteiger partial charge in [0.25, 0.3) is 0 Å². The van der Waals surface area contributed by atoms with E-state index < -0.39 is 22.8 Å². The Hall–Kier alpha value is -3.69. The van der Waals surface area contributed by atoms with Crippen molar-refractivity contribution in [1.82, 2.24) is 19.9 Å². The topological polar surface area (TPSA) is 116 Å². The number of hydrogen-bond acceptors (Lipinski definition) is 7. The Kier molecular flexibility index (Phi) is 5.85. The minimum atomic E-state index is -4.63. The Morgan fingerprint density at radius 1 is 1.23 bits per heavy atom. The molecular formula is C27H27F3N6O3. The van der Waals surface area contributed by atoms with Gasteiger partial charge in [-0.1, -0.05) is 5.21 Å². The van der Waals surface area contributed by atoms with Gasteiger partial charge >= 0.3 is 6.18 Å². The normalized spacial score (nSPS) is 24.3. The van der Waals surface area contributed by atoms with Crippen molar-refractivity contribution in [2.45, 2.75) is 55.8 Å². The van der Waals surface area contributed by atoms with Gasteiger partial charge < -0.3 is 15.2 Å². The lowest BCUT2D eigenvalue weighted by molar-refractivity contribution is -0.136. The van der Waals surface area contributed by atoms with Crippen molar-refractivity contribution in [3.8, 4) is 11.8 Å². The van der Waals surface area contributed by atoms with Gasteiger partial charge in [-0.3, -0.25) is 9.69 Å². The number of alkyl halides is 3. The molecule has 0 radical (unpaired) electrons. The van der Waals surface area contributed by atoms with Crippen LogP contribution in [0.4, 0.5) is 18.9 Å². The maximum absolute atomic E-state index is 14.0. The van der Waals surface area contributed by atoms with Crippen LogP contribution < -0.4 is 10.1 Å². The molecule has 3 aliphatic rings. The number of hydrogen-bond donors (Lipinski definition) is 2. The number of likely N-dealkylation sites (tertiary alicyclic amines) is 1. The summed E-state index contributed by atoms with van der Waals surface area (Å²) in [6.07, 6.45) is -2.87. The second-order valence-corrected chi connectivity index (χ2v) is 11.0. The lowest BCUT2D eigenvalue weighted by Crippen LogP contribution is -2.47. The molecular weight excluding hydrogens is 513 g/mol. The average Bonchev–Trinajstić information content (AvgIpc) is 3.41. The number of ether oxygens (including phenoxy) is 1. The number of fused-ring (bicyclic) bond motifs is 3. The zero-order valence-corrected chi connectivity index (χ0v) is 21.3. The minimum Gasteiger partial charge on any atom is -0.492 e. The molecule has 0 bridgehead atoms. The van der Waals surface area contributed by atoms with E-state index in [0.717, 1.165) is 17.3 Å². The molecule has 0 unspecified atom stereocenters. The van der Waals surface area contributed by atoms with Gasteiger partial charge in [0.15, 0.2) is 0 Å². The number of aromatic nitrogens is 3. The number of rotatable bonds is 5. The van der Waals surface area contributed by atoms with E-state index >= 15 is 0 Å². The highest BCUT2D eigenvalue weighted by molar-refractivity contribution is 6.06. The molecule has 204 valence electrons. The van der Waals surface area contributed by atoms with Gasteiger partial charge in [0.1, 0.15) is 23.4 Å². The molecule has 3 aromatic rings. The van der Waals surface area contributed by atoms with Crippen LogP contribution in [0.25, 0.3) is 11.0 Å². The largest absolute Gasteiger partial charge is 0.492 e. The number of piperidine rings is 1. The molecule has 2 aromatic carbocycles. The molecule has 1 saturated carbocycles. The maximum Gasteiger partial charge on any atom is 0.418 e. The van der Waals surface area contributed by atoms with Crippen LogP contribution in [0.2, 0.25) is 0 Å². The van der Waals surface area contributed by atoms with Crippen LogP contribution in [0.5, 0.6) is 5.75 Å². The molecule has 1 saturated heterocycles. The second-order valence-electron chi connectivity index (χ2n) is 11.0. The first-order valence-electron chi connectivity index (χ1n) is 12.9. The van der Waals surface area contributed by atoms with E-state index in [-0.39, 0.29) is 35.3 Å². The quantitative estimate of drug-likeness (QED) is 0.506. The molecule has 2 fully saturated rings. The molecule has 1 amide bonds. The van der Waals surface area contributed by atoms with Gasteiger partial charge in [-0.25, -0.2) is 4.68 Å². The van der Waals surface area contributed by atoms with Crippen LogP contribution in [-0.4, -0.2) is 62.7 Å². The Labute approximate surface area is 222 Å². The second kappa shape index (κ2) is 8.93. The summed E-state index contributed by atoms with van der Waals surface area (Å²) in [6, 6.07) is 9.46. The van der Waals surface area contributed by atoms with E-state index in [9.17, 15) is 28.3 Å². The van der Waals surface area contributed by atoms with E-state index in [0.29, 0.717) is 50.9 Å². The number of aliphatic hydroxyl groups is 1. The third-order valence-corrected chi connectivity index (χ3v) is 8.28. The number of nitrogens with zero attached hydrogens (tertiary/aromatic N) is 5. The molecule has 1 aliphatic carbocycles. The zero-order chi connectivity index (χ0) is 27.6. The van der Waals surface area contributed by atoms with E-state index in [1.54, 1.807) is 25.1 Å². The van der Waals surface area contributed by atoms with Gasteiger partial charge in [0, 0.05) is 18.3 Å². The van der Waals surface area contributed by atoms with Crippen LogP contribution in [0.1, 0.15) is 55.3 Å². The lowest BCUT2D eigenvalue weighted by atomic mass is 9.73. The molecule has 1 aromatic heterocycles. The fourth-order valence-corrected chi connectivity index (χ4v) is 6.17. The highest BCUT2D eigenvalue weighted by atomic mass is 19.4. The minimum absolute atomic E-state index is 0.0593. The predicted molar refractivity (Wildman–Crippen MR) is 134 cm³/mol. The molecule has 2 aliphatic heterocycles. The molecule has 1 spiro atoms. The number of carbonyl (C=O) groups excluding carboxylic acids is 1. The monoisotopic (exact) mass is 540 g/mol. The summed E-state index contributed by atoms with van der Waals surface area (Å²) in [5, 5.41) is 30.2. The summed E-state index contributed by atoms with van der Waals surface area (Å²) in [4.78, 5) is 15.0. The summed E-state index contributed by atoms with van der Waals surface area (Å²) in [6.45, 7) is 3.51. The van der Waals surface area contributed by atoms with E-state index in [2.05, 4.69) is 26.6 Å². The number of carbonyl (C=O) groups is 1. The van der Waals surface area contributed by atoms with Crippen LogP contribution >= 0.6 is 0 Å². The smallest absolute Gasteiger partial charge is 0.418 e. The van der Waals surface area contributed by atoms with Crippen molar-refractivity contribution in [2.75, 3.05) is 31.6 Å². The van der Waals surface area contributed by atoms with Gasteiger partial charge in [-0.05, 0) is 75.5 Å². The highest BCUT2D eigenvalue weighted by Crippen LogP contribution is 2.46. The van der Waals surface area contributed by atoms with Crippen molar-refractivity contribution >= 4 is 22.6 Å². The van der Waals surface area contributed by atoms with Crippen molar-refractivity contribution in [3.63, 3.8) is 0 Å². The Morgan fingerprint density at radius 3 is 2.64 bits per heavy atom. The lowest BCUT2D eigenvalue weighted by Gasteiger charge is -2.40. The summed E-state index contributed by atoms with van der Waals surface area (Å²) in [5.41, 5.74) is -0.362. The summed E-state index contributed by atoms with van der Waals surface area (Å²) in [7, 11) is 0. The summed E-state index contributed by atoms with van der Waals surface area (Å²) < 4.78 is 49.0. The maximum atomic E-state index is 14.0. The number of benzene rings is 2. The number of anilines is 1. The standard InChI is InChI=1S/C27H27F3N6O3/c1-25(38)13-17(14-25)36-23-20(27(28,29)30)11-18(12-22(23)33-34-36)39-9-8-35-6-4-26(5-7-35)19-10-16(15-31)2-3-21(19)32-24(26)37/h2-3,10-12,17,38H,4-9,13-14H2,1H3,(H,32,37). The first kappa shape index (κ1) is 25.6. The molecule has 9 nitrogen and oxygen atoms in total. The fourth-order valence-electron chi connectivity index (χ4n) is 6.17. The van der Waals surface area contributed by atoms with Crippen molar-refractivity contribution in [1.29, 1.82) is 5.26 Å². The average molecular weight is 541 g/mol. The van der Waals surface area contributed by atoms with Crippen molar-refractivity contribution in [2.24, 2.45) is 0 Å². The van der Waals surface area contributed by atoms with Crippen molar-refractivity contribution in [3.05, 3.63) is 47.0 Å². The third-order valence-electron chi connectivity index (χ3n) is 8.28. The third kappa shape index (κ3) is 4.39. The first-order chi connectivity index (χ1) is 18.5. The van der Waals surface area contributed by atoms with E-state index in [1.165, 1.54) is 10.7 Å². The Bertz CT molecular complexity index is 1490. The summed E-state index contributed by atoms with van der Waals surface area (Å²) in [5.74, 6) is -0.000809. The van der Waals surface area contributed by atoms with Crippen molar-refractivity contribution < 1.29 is 27.8 Å². The molecule has 3 heterocycles. The van der Waals surface area contributed by atoms with Crippen LogP contribution in [0, 0.1) is 11.3 Å². The molecule has 12 heteroatoms. The van der Waals surface area contributed by atoms with Crippen LogP contribution in [-0.2, 0) is 16.4 Å². The number of halogens is 3. The predicted octanol–water partition coefficient (Wildman–Crippen LogP) is 3.77. The highest BCUT2D eigenvalue weighted by Gasteiger charge is 2.48. The van der Waals surface area contributed by atoms with Crippen LogP contribution in [0.15, 0.2) is 30.3 Å². The van der Waals surface area contributed by atoms with Gasteiger partial charge in [0.05, 0.1) is 34.3 Å². The number of nitriles is 1. The van der Waals surface area contributed by atoms with Crippen LogP contribution in [0.3, 0.4) is 0 Å². The molecule has 39 heavy (non-hydrogen) atoms. The Balaban J connectivity index is 1.13. The number of nitrogens with one attached hydrogen (secondary N) is 1. The van der Waals surface area contributed by atoms with E-state index in [1.807, 2.05) is 0 Å². The van der Waals surface area contributed by atoms with Gasteiger partial charge in [0.2, 0.25) is 5.91 Å². The van der Waals surface area contributed by atoms with Gasteiger partial charge in [-0.2, -0.15) is 18.4 Å². The zero-order valence-electron chi connectivity index (χ0n) is 21.3. The van der Waals surface area contributed by atoms with Gasteiger partial charge in [-0.15, -0.1) is 5.10 Å². The SMILES string of the molecule is CC1(O)CC(n2nnc3cc(OCCN4CCC5(CC4)C(=O)Nc4ccc(C#N)cc45)cc(C(F)(F)F)c32)C1.